The molecule has 0 fully saturated rings. The summed E-state index contributed by atoms with van der Waals surface area (Å²) in [6.07, 6.45) is 0. The Kier molecular flexibility index (Phi) is 3.94. The van der Waals surface area contributed by atoms with Crippen LogP contribution in [-0.2, 0) is 9.84 Å². The highest BCUT2D eigenvalue weighted by atomic mass is 32.2. The van der Waals surface area contributed by atoms with Crippen LogP contribution in [0.5, 0.6) is 0 Å². The van der Waals surface area contributed by atoms with Crippen LogP contribution >= 0.6 is 0 Å². The Morgan fingerprint density at radius 1 is 0.950 bits per heavy atom. The van der Waals surface area contributed by atoms with Gasteiger partial charge in [0.05, 0.1) is 4.90 Å². The van der Waals surface area contributed by atoms with E-state index in [4.69, 9.17) is 0 Å². The number of carbonyl (C=O) groups excluding carboxylic acids is 1. The van der Waals surface area contributed by atoms with Gasteiger partial charge in [-0.3, -0.25) is 4.79 Å². The molecule has 0 aliphatic carbocycles. The Balaban J connectivity index is 2.24. The Morgan fingerprint density at radius 3 is 2.20 bits per heavy atom. The van der Waals surface area contributed by atoms with E-state index >= 15 is 0 Å². The molecule has 104 valence electrons. The Hall–Kier alpha value is -2.08. The first-order chi connectivity index (χ1) is 9.38. The van der Waals surface area contributed by atoms with E-state index in [0.717, 1.165) is 36.4 Å². The zero-order chi connectivity index (χ0) is 14.8. The monoisotopic (exact) mass is 296 g/mol. The molecule has 0 unspecified atom stereocenters. The summed E-state index contributed by atoms with van der Waals surface area (Å²) in [6.45, 7) is 0. The Morgan fingerprint density at radius 2 is 1.60 bits per heavy atom. The van der Waals surface area contributed by atoms with Gasteiger partial charge in [-0.15, -0.1) is 0 Å². The molecule has 20 heavy (non-hydrogen) atoms. The summed E-state index contributed by atoms with van der Waals surface area (Å²) in [4.78, 5) is 11.7. The van der Waals surface area contributed by atoms with Gasteiger partial charge in [0.1, 0.15) is 17.4 Å². The average molecular weight is 296 g/mol. The van der Waals surface area contributed by atoms with Gasteiger partial charge >= 0.3 is 0 Å². The normalized spacial score (nSPS) is 11.3. The van der Waals surface area contributed by atoms with Crippen LogP contribution in [0.2, 0.25) is 0 Å². The molecule has 0 spiro atoms. The summed E-state index contributed by atoms with van der Waals surface area (Å²) in [6, 6.07) is 8.97. The third kappa shape index (κ3) is 3.27. The Labute approximate surface area is 114 Å². The molecule has 2 aromatic carbocycles. The van der Waals surface area contributed by atoms with Crippen molar-refractivity contribution >= 4 is 15.6 Å². The SMILES string of the molecule is O=C(CS(=O)(=O)c1ccc(F)cc1)c1cccc(F)c1. The fourth-order valence-electron chi connectivity index (χ4n) is 1.64. The van der Waals surface area contributed by atoms with Crippen molar-refractivity contribution in [2.75, 3.05) is 5.75 Å². The lowest BCUT2D eigenvalue weighted by atomic mass is 10.1. The number of hydrogen-bond donors (Lipinski definition) is 0. The summed E-state index contributed by atoms with van der Waals surface area (Å²) in [5, 5.41) is 0. The molecule has 0 bridgehead atoms. The van der Waals surface area contributed by atoms with Crippen LogP contribution in [0.25, 0.3) is 0 Å². The predicted molar refractivity (Wildman–Crippen MR) is 69.2 cm³/mol. The first-order valence-corrected chi connectivity index (χ1v) is 7.31. The van der Waals surface area contributed by atoms with E-state index in [1.54, 1.807) is 0 Å². The molecule has 0 amide bonds. The third-order valence-electron chi connectivity index (χ3n) is 2.64. The maximum atomic E-state index is 13.0. The summed E-state index contributed by atoms with van der Waals surface area (Å²) in [5.74, 6) is -2.69. The van der Waals surface area contributed by atoms with Gasteiger partial charge in [0.15, 0.2) is 15.6 Å². The van der Waals surface area contributed by atoms with Gasteiger partial charge in [0.2, 0.25) is 0 Å². The van der Waals surface area contributed by atoms with E-state index in [9.17, 15) is 22.0 Å². The number of ketones is 1. The zero-order valence-electron chi connectivity index (χ0n) is 10.2. The van der Waals surface area contributed by atoms with Crippen molar-refractivity contribution in [1.82, 2.24) is 0 Å². The van der Waals surface area contributed by atoms with Crippen LogP contribution < -0.4 is 0 Å². The molecular weight excluding hydrogens is 286 g/mol. The van der Waals surface area contributed by atoms with Crippen molar-refractivity contribution in [2.24, 2.45) is 0 Å². The molecular formula is C14H10F2O3S. The van der Waals surface area contributed by atoms with Gasteiger partial charge in [0, 0.05) is 5.56 Å². The minimum Gasteiger partial charge on any atom is -0.293 e. The van der Waals surface area contributed by atoms with Crippen LogP contribution in [0.4, 0.5) is 8.78 Å². The number of rotatable bonds is 4. The zero-order valence-corrected chi connectivity index (χ0v) is 11.0. The van der Waals surface area contributed by atoms with E-state index in [-0.39, 0.29) is 10.5 Å². The van der Waals surface area contributed by atoms with Crippen molar-refractivity contribution in [3.63, 3.8) is 0 Å². The standard InChI is InChI=1S/C14H10F2O3S/c15-11-4-6-13(7-5-11)20(18,19)9-14(17)10-2-1-3-12(16)8-10/h1-8H,9H2. The van der Waals surface area contributed by atoms with Crippen LogP contribution in [-0.4, -0.2) is 20.0 Å². The minimum absolute atomic E-state index is 0.0179. The highest BCUT2D eigenvalue weighted by molar-refractivity contribution is 7.92. The fraction of sp³-hybridized carbons (Fsp3) is 0.0714. The van der Waals surface area contributed by atoms with E-state index in [1.165, 1.54) is 12.1 Å². The minimum atomic E-state index is -3.88. The lowest BCUT2D eigenvalue weighted by Crippen LogP contribution is -2.16. The summed E-state index contributed by atoms with van der Waals surface area (Å²) >= 11 is 0. The molecule has 0 saturated heterocycles. The van der Waals surface area contributed by atoms with Crippen LogP contribution in [0.1, 0.15) is 10.4 Å². The molecule has 6 heteroatoms. The second kappa shape index (κ2) is 5.50. The van der Waals surface area contributed by atoms with Gasteiger partial charge in [-0.1, -0.05) is 12.1 Å². The molecule has 0 heterocycles. The van der Waals surface area contributed by atoms with Crippen molar-refractivity contribution in [3.8, 4) is 0 Å². The quantitative estimate of drug-likeness (QED) is 0.644. The lowest BCUT2D eigenvalue weighted by molar-refractivity contribution is 0.102. The van der Waals surface area contributed by atoms with Crippen molar-refractivity contribution in [2.45, 2.75) is 4.90 Å². The van der Waals surface area contributed by atoms with Gasteiger partial charge in [0.25, 0.3) is 0 Å². The molecule has 0 atom stereocenters. The van der Waals surface area contributed by atoms with E-state index in [1.807, 2.05) is 0 Å². The number of hydrogen-bond acceptors (Lipinski definition) is 3. The maximum absolute atomic E-state index is 13.0. The topological polar surface area (TPSA) is 51.2 Å². The highest BCUT2D eigenvalue weighted by Gasteiger charge is 2.20. The first kappa shape index (κ1) is 14.3. The number of Topliss-reactive ketones (excluding diaryl/α,β-unsaturated/α-hetero) is 1. The average Bonchev–Trinajstić information content (AvgIpc) is 2.38. The van der Waals surface area contributed by atoms with Crippen LogP contribution in [0.3, 0.4) is 0 Å². The number of carbonyl (C=O) groups is 1. The van der Waals surface area contributed by atoms with Crippen molar-refractivity contribution < 1.29 is 22.0 Å². The largest absolute Gasteiger partial charge is 0.293 e. The summed E-state index contributed by atoms with van der Waals surface area (Å²) in [7, 11) is -3.88. The number of sulfone groups is 1. The molecule has 0 N–H and O–H groups in total. The second-order valence-electron chi connectivity index (χ2n) is 4.15. The fourth-order valence-corrected chi connectivity index (χ4v) is 2.87. The molecule has 0 aromatic heterocycles. The molecule has 0 saturated carbocycles. The van der Waals surface area contributed by atoms with Crippen LogP contribution in [0, 0.1) is 11.6 Å². The predicted octanol–water partition coefficient (Wildman–Crippen LogP) is 2.62. The van der Waals surface area contributed by atoms with Gasteiger partial charge < -0.3 is 0 Å². The Bertz CT molecular complexity index is 737. The second-order valence-corrected chi connectivity index (χ2v) is 6.14. The molecule has 0 aliphatic rings. The number of benzene rings is 2. The van der Waals surface area contributed by atoms with E-state index in [2.05, 4.69) is 0 Å². The van der Waals surface area contributed by atoms with Gasteiger partial charge in [-0.05, 0) is 36.4 Å². The molecule has 3 nitrogen and oxygen atoms in total. The summed E-state index contributed by atoms with van der Waals surface area (Å²) < 4.78 is 49.7. The molecule has 2 aromatic rings. The highest BCUT2D eigenvalue weighted by Crippen LogP contribution is 2.14. The van der Waals surface area contributed by atoms with Gasteiger partial charge in [-0.2, -0.15) is 0 Å². The molecule has 0 radical (unpaired) electrons. The first-order valence-electron chi connectivity index (χ1n) is 5.65. The van der Waals surface area contributed by atoms with E-state index < -0.39 is 33.0 Å². The van der Waals surface area contributed by atoms with Crippen molar-refractivity contribution in [1.29, 1.82) is 0 Å². The third-order valence-corrected chi connectivity index (χ3v) is 4.27. The smallest absolute Gasteiger partial charge is 0.185 e. The summed E-state index contributed by atoms with van der Waals surface area (Å²) in [5.41, 5.74) is -0.0179. The maximum Gasteiger partial charge on any atom is 0.185 e. The van der Waals surface area contributed by atoms with Gasteiger partial charge in [-0.25, -0.2) is 17.2 Å². The van der Waals surface area contributed by atoms with Crippen molar-refractivity contribution in [3.05, 3.63) is 65.7 Å². The van der Waals surface area contributed by atoms with E-state index in [0.29, 0.717) is 0 Å². The van der Waals surface area contributed by atoms with Crippen LogP contribution in [0.15, 0.2) is 53.4 Å². The molecule has 2 rings (SSSR count). The number of halogens is 2. The lowest BCUT2D eigenvalue weighted by Gasteiger charge is -2.04. The molecule has 0 aliphatic heterocycles.